The van der Waals surface area contributed by atoms with Gasteiger partial charge in [0.15, 0.2) is 5.82 Å². The molecule has 31 heavy (non-hydrogen) atoms. The second-order valence-electron chi connectivity index (χ2n) is 8.82. The summed E-state index contributed by atoms with van der Waals surface area (Å²) in [6.45, 7) is 7.45. The van der Waals surface area contributed by atoms with E-state index in [4.69, 9.17) is 0 Å². The monoisotopic (exact) mass is 657 g/mol. The number of hydrogen-bond acceptors (Lipinski definition) is 5. The summed E-state index contributed by atoms with van der Waals surface area (Å²) in [5.41, 5.74) is 1.12. The molecule has 170 valence electrons. The van der Waals surface area contributed by atoms with Crippen LogP contribution in [0.1, 0.15) is 18.9 Å². The highest BCUT2D eigenvalue weighted by Crippen LogP contribution is 2.43. The minimum Gasteiger partial charge on any atom is -0.363 e. The molecule has 1 aromatic heterocycles. The van der Waals surface area contributed by atoms with Gasteiger partial charge in [0, 0.05) is 66.0 Å². The Kier molecular flexibility index (Phi) is 6.73. The van der Waals surface area contributed by atoms with E-state index in [0.717, 1.165) is 32.6 Å². The van der Waals surface area contributed by atoms with E-state index in [1.807, 2.05) is 37.0 Å². The summed E-state index contributed by atoms with van der Waals surface area (Å²) in [7, 11) is 4.06. The van der Waals surface area contributed by atoms with Gasteiger partial charge in [0.1, 0.15) is 11.5 Å². The molecular weight excluding hydrogens is 630 g/mol. The molecule has 10 heteroatoms. The molecule has 0 radical (unpaired) electrons. The fraction of sp³-hybridized carbons (Fsp3) is 0.571. The summed E-state index contributed by atoms with van der Waals surface area (Å²) in [5.74, 6) is -1.24. The third-order valence-corrected chi connectivity index (χ3v) is 8.58. The van der Waals surface area contributed by atoms with Crippen LogP contribution in [0, 0.1) is 18.6 Å². The van der Waals surface area contributed by atoms with Gasteiger partial charge in [-0.3, -0.25) is 4.79 Å². The standard InChI is InChI=1S/C21H27F2I2N5O/c1-12-9-28-14(11-29(12)24)10-27(7-5-6-26(3)4)20-19(28)15-8-16(22)13(2)17(23)18(15)30(25)21(20)31/h8,12,14H,5-7,9-11H2,1-4H3. The second-order valence-corrected chi connectivity index (χ2v) is 11.0. The number of pyridine rings is 1. The van der Waals surface area contributed by atoms with E-state index in [0.29, 0.717) is 23.3 Å². The molecular formula is C21H27F2I2N5O. The second kappa shape index (κ2) is 8.90. The Morgan fingerprint density at radius 1 is 1.16 bits per heavy atom. The number of benzene rings is 1. The summed E-state index contributed by atoms with van der Waals surface area (Å²) in [5, 5.41) is 0.473. The van der Waals surface area contributed by atoms with E-state index in [9.17, 15) is 9.18 Å². The highest BCUT2D eigenvalue weighted by atomic mass is 127. The highest BCUT2D eigenvalue weighted by Gasteiger charge is 2.40. The Balaban J connectivity index is 1.96. The number of rotatable bonds is 4. The van der Waals surface area contributed by atoms with E-state index < -0.39 is 11.6 Å². The molecule has 3 heterocycles. The average molecular weight is 657 g/mol. The predicted octanol–water partition coefficient (Wildman–Crippen LogP) is 3.79. The molecule has 1 fully saturated rings. The van der Waals surface area contributed by atoms with E-state index >= 15 is 4.39 Å². The molecule has 6 nitrogen and oxygen atoms in total. The number of fused-ring (bicyclic) bond motifs is 5. The molecule has 0 amide bonds. The quantitative estimate of drug-likeness (QED) is 0.370. The van der Waals surface area contributed by atoms with Crippen molar-refractivity contribution in [3.63, 3.8) is 0 Å². The molecule has 2 unspecified atom stereocenters. The first kappa shape index (κ1) is 23.4. The first-order valence-corrected chi connectivity index (χ1v) is 12.4. The number of aromatic nitrogens is 1. The van der Waals surface area contributed by atoms with Crippen molar-refractivity contribution in [3.8, 4) is 0 Å². The Hall–Kier alpha value is -0.730. The minimum absolute atomic E-state index is 0.0575. The normalized spacial score (nSPS) is 21.7. The fourth-order valence-electron chi connectivity index (χ4n) is 4.63. The van der Waals surface area contributed by atoms with Crippen LogP contribution >= 0.6 is 45.7 Å². The fourth-order valence-corrected chi connectivity index (χ4v) is 5.97. The van der Waals surface area contributed by atoms with Gasteiger partial charge in [-0.2, -0.15) is 0 Å². The molecule has 4 rings (SSSR count). The minimum atomic E-state index is -0.661. The number of piperazine rings is 1. The van der Waals surface area contributed by atoms with Crippen molar-refractivity contribution in [2.45, 2.75) is 32.4 Å². The lowest BCUT2D eigenvalue weighted by atomic mass is 9.99. The van der Waals surface area contributed by atoms with Crippen molar-refractivity contribution in [2.75, 3.05) is 56.6 Å². The van der Waals surface area contributed by atoms with Gasteiger partial charge < -0.3 is 14.7 Å². The predicted molar refractivity (Wildman–Crippen MR) is 139 cm³/mol. The van der Waals surface area contributed by atoms with Gasteiger partial charge in [0.05, 0.1) is 40.1 Å². The molecule has 2 aliphatic heterocycles. The number of nitrogens with zero attached hydrogens (tertiary/aromatic N) is 5. The van der Waals surface area contributed by atoms with Crippen LogP contribution in [0.25, 0.3) is 10.9 Å². The maximum Gasteiger partial charge on any atom is 0.285 e. The maximum absolute atomic E-state index is 15.2. The van der Waals surface area contributed by atoms with E-state index in [1.54, 1.807) is 0 Å². The third-order valence-electron chi connectivity index (χ3n) is 6.31. The zero-order valence-electron chi connectivity index (χ0n) is 18.1. The lowest BCUT2D eigenvalue weighted by Gasteiger charge is -2.50. The molecule has 0 N–H and O–H groups in total. The van der Waals surface area contributed by atoms with Crippen LogP contribution in [0.15, 0.2) is 10.9 Å². The molecule has 2 aromatic rings. The van der Waals surface area contributed by atoms with Crippen LogP contribution < -0.4 is 15.4 Å². The van der Waals surface area contributed by atoms with E-state index in [-0.39, 0.29) is 28.7 Å². The maximum atomic E-state index is 15.2. The van der Waals surface area contributed by atoms with Gasteiger partial charge in [-0.1, -0.05) is 0 Å². The lowest BCUT2D eigenvalue weighted by Crippen LogP contribution is -2.61. The lowest BCUT2D eigenvalue weighted by molar-refractivity contribution is 0.305. The molecule has 0 bridgehead atoms. The Bertz CT molecular complexity index is 1080. The van der Waals surface area contributed by atoms with Crippen LogP contribution in [-0.2, 0) is 0 Å². The summed E-state index contributed by atoms with van der Waals surface area (Å²) in [4.78, 5) is 20.0. The summed E-state index contributed by atoms with van der Waals surface area (Å²) in [6, 6.07) is 1.82. The zero-order valence-corrected chi connectivity index (χ0v) is 22.4. The number of hydrogen-bond donors (Lipinski definition) is 0. The molecule has 0 saturated carbocycles. The zero-order chi connectivity index (χ0) is 22.6. The van der Waals surface area contributed by atoms with E-state index in [2.05, 4.69) is 47.6 Å². The third kappa shape index (κ3) is 4.05. The molecule has 1 aromatic carbocycles. The molecule has 1 saturated heterocycles. The Morgan fingerprint density at radius 2 is 1.87 bits per heavy atom. The highest BCUT2D eigenvalue weighted by molar-refractivity contribution is 14.1. The first-order chi connectivity index (χ1) is 14.6. The Morgan fingerprint density at radius 3 is 2.55 bits per heavy atom. The van der Waals surface area contributed by atoms with Crippen molar-refractivity contribution in [3.05, 3.63) is 33.6 Å². The van der Waals surface area contributed by atoms with Gasteiger partial charge in [0.25, 0.3) is 5.56 Å². The number of anilines is 2. The average Bonchev–Trinajstić information content (AvgIpc) is 2.70. The topological polar surface area (TPSA) is 35.0 Å². The molecule has 0 spiro atoms. The SMILES string of the molecule is Cc1c(F)cc2c3c(c(=O)n(I)c2c1F)N(CCCN(C)C)CC1CN(I)C(C)CN31. The molecule has 2 aliphatic rings. The van der Waals surface area contributed by atoms with Gasteiger partial charge in [-0.05, 0) is 47.0 Å². The van der Waals surface area contributed by atoms with Crippen LogP contribution in [0.3, 0.4) is 0 Å². The van der Waals surface area contributed by atoms with Gasteiger partial charge in [0.2, 0.25) is 0 Å². The van der Waals surface area contributed by atoms with Gasteiger partial charge in [-0.25, -0.2) is 14.7 Å². The Labute approximate surface area is 209 Å². The number of halogens is 4. The first-order valence-electron chi connectivity index (χ1n) is 10.4. The van der Waals surface area contributed by atoms with Crippen LogP contribution in [-0.4, -0.2) is 69.7 Å². The summed E-state index contributed by atoms with van der Waals surface area (Å²) >= 11 is 4.21. The summed E-state index contributed by atoms with van der Waals surface area (Å²) < 4.78 is 33.5. The van der Waals surface area contributed by atoms with Crippen molar-refractivity contribution in [1.82, 2.24) is 10.8 Å². The van der Waals surface area contributed by atoms with Crippen molar-refractivity contribution < 1.29 is 8.78 Å². The van der Waals surface area contributed by atoms with Crippen molar-refractivity contribution in [2.24, 2.45) is 0 Å². The van der Waals surface area contributed by atoms with Crippen molar-refractivity contribution >= 4 is 68.0 Å². The van der Waals surface area contributed by atoms with Crippen molar-refractivity contribution in [1.29, 1.82) is 0 Å². The van der Waals surface area contributed by atoms with Gasteiger partial charge in [-0.15, -0.1) is 0 Å². The molecule has 2 atom stereocenters. The van der Waals surface area contributed by atoms with E-state index in [1.165, 1.54) is 15.8 Å². The summed E-state index contributed by atoms with van der Waals surface area (Å²) in [6.07, 6.45) is 0.902. The van der Waals surface area contributed by atoms with Gasteiger partial charge >= 0.3 is 0 Å². The largest absolute Gasteiger partial charge is 0.363 e. The molecule has 0 aliphatic carbocycles. The van der Waals surface area contributed by atoms with Crippen LogP contribution in [0.2, 0.25) is 0 Å². The van der Waals surface area contributed by atoms with Crippen LogP contribution in [0.4, 0.5) is 20.2 Å². The van der Waals surface area contributed by atoms with Crippen LogP contribution in [0.5, 0.6) is 0 Å². The smallest absolute Gasteiger partial charge is 0.285 e.